The van der Waals surface area contributed by atoms with Gasteiger partial charge in [0, 0.05) is 12.1 Å². The quantitative estimate of drug-likeness (QED) is 0.474. The highest BCUT2D eigenvalue weighted by Crippen LogP contribution is 2.27. The number of ether oxygens (including phenoxy) is 1. The lowest BCUT2D eigenvalue weighted by Gasteiger charge is -2.25. The number of imide groups is 1. The first-order chi connectivity index (χ1) is 15.0. The van der Waals surface area contributed by atoms with E-state index < -0.39 is 11.6 Å². The molecule has 2 fully saturated rings. The molecule has 170 valence electrons. The molecule has 2 aliphatic rings. The van der Waals surface area contributed by atoms with E-state index in [0.717, 1.165) is 56.2 Å². The van der Waals surface area contributed by atoms with E-state index >= 15 is 0 Å². The number of carbonyl (C=O) groups is 3. The molecular weight excluding hydrogens is 396 g/mol. The van der Waals surface area contributed by atoms with E-state index in [0.29, 0.717) is 19.4 Å². The minimum atomic E-state index is -0.867. The molecule has 1 aromatic rings. The standard InChI is InChI=1S/C23H34N4O4/c1-3-9-23(10-4-2)21(29)27(22(30)25-23)17-20(28)24-15-18-7-5-6-8-19(18)16-26-11-13-31-14-12-26/h5-8H,3-4,9-17H2,1-2H3,(H,24,28)(H,25,30)/p+1. The monoisotopic (exact) mass is 431 g/mol. The van der Waals surface area contributed by atoms with E-state index in [9.17, 15) is 14.4 Å². The Morgan fingerprint density at radius 2 is 1.77 bits per heavy atom. The zero-order valence-electron chi connectivity index (χ0n) is 18.7. The van der Waals surface area contributed by atoms with Crippen LogP contribution in [0.5, 0.6) is 0 Å². The molecule has 3 rings (SSSR count). The highest BCUT2D eigenvalue weighted by Gasteiger charge is 2.50. The maximum absolute atomic E-state index is 13.0. The Morgan fingerprint density at radius 3 is 2.42 bits per heavy atom. The number of quaternary nitrogens is 1. The summed E-state index contributed by atoms with van der Waals surface area (Å²) in [5, 5.41) is 5.74. The van der Waals surface area contributed by atoms with Crippen LogP contribution in [0.4, 0.5) is 4.79 Å². The van der Waals surface area contributed by atoms with Crippen LogP contribution < -0.4 is 15.5 Å². The summed E-state index contributed by atoms with van der Waals surface area (Å²) < 4.78 is 5.43. The summed E-state index contributed by atoms with van der Waals surface area (Å²) in [5.74, 6) is -0.617. The molecule has 2 aliphatic heterocycles. The normalized spacial score (nSPS) is 18.8. The van der Waals surface area contributed by atoms with Crippen LogP contribution in [0.2, 0.25) is 0 Å². The summed E-state index contributed by atoms with van der Waals surface area (Å²) in [5.41, 5.74) is 1.38. The van der Waals surface area contributed by atoms with E-state index in [1.807, 2.05) is 32.0 Å². The average Bonchev–Trinajstić information content (AvgIpc) is 2.98. The lowest BCUT2D eigenvalue weighted by atomic mass is 9.88. The van der Waals surface area contributed by atoms with Crippen LogP contribution in [0.3, 0.4) is 0 Å². The van der Waals surface area contributed by atoms with Crippen LogP contribution >= 0.6 is 0 Å². The van der Waals surface area contributed by atoms with Crippen molar-refractivity contribution in [2.45, 2.75) is 58.2 Å². The van der Waals surface area contributed by atoms with E-state index in [-0.39, 0.29) is 18.4 Å². The number of morpholine rings is 1. The Balaban J connectivity index is 1.58. The van der Waals surface area contributed by atoms with Gasteiger partial charge in [-0.25, -0.2) is 4.79 Å². The SMILES string of the molecule is CCCC1(CCC)NC(=O)N(CC(=O)NCc2ccccc2C[NH+]2CCOCC2)C1=O. The second-order valence-electron chi connectivity index (χ2n) is 8.49. The third-order valence-electron chi connectivity index (χ3n) is 6.14. The molecule has 0 radical (unpaired) electrons. The van der Waals surface area contributed by atoms with Gasteiger partial charge in [-0.05, 0) is 18.4 Å². The van der Waals surface area contributed by atoms with Crippen molar-refractivity contribution >= 4 is 17.8 Å². The maximum atomic E-state index is 13.0. The predicted octanol–water partition coefficient (Wildman–Crippen LogP) is 0.609. The van der Waals surface area contributed by atoms with Crippen molar-refractivity contribution in [3.05, 3.63) is 35.4 Å². The van der Waals surface area contributed by atoms with Gasteiger partial charge in [-0.15, -0.1) is 0 Å². The number of carbonyl (C=O) groups excluding carboxylic acids is 3. The smallest absolute Gasteiger partial charge is 0.325 e. The fourth-order valence-electron chi connectivity index (χ4n) is 4.54. The van der Waals surface area contributed by atoms with Gasteiger partial charge in [-0.1, -0.05) is 51.0 Å². The lowest BCUT2D eigenvalue weighted by molar-refractivity contribution is -0.921. The molecule has 0 unspecified atom stereocenters. The van der Waals surface area contributed by atoms with Crippen molar-refractivity contribution in [3.63, 3.8) is 0 Å². The van der Waals surface area contributed by atoms with E-state index in [2.05, 4.69) is 16.7 Å². The second kappa shape index (κ2) is 10.7. The zero-order chi connectivity index (χ0) is 22.3. The summed E-state index contributed by atoms with van der Waals surface area (Å²) in [6.45, 7) is 8.49. The van der Waals surface area contributed by atoms with Crippen LogP contribution in [0, 0.1) is 0 Å². The summed E-state index contributed by atoms with van der Waals surface area (Å²) in [4.78, 5) is 40.5. The van der Waals surface area contributed by atoms with Crippen molar-refractivity contribution in [1.29, 1.82) is 0 Å². The molecule has 0 bridgehead atoms. The van der Waals surface area contributed by atoms with E-state index in [1.165, 1.54) is 10.5 Å². The van der Waals surface area contributed by atoms with Gasteiger partial charge in [0.15, 0.2) is 0 Å². The predicted molar refractivity (Wildman–Crippen MR) is 116 cm³/mol. The molecule has 8 nitrogen and oxygen atoms in total. The van der Waals surface area contributed by atoms with Gasteiger partial charge in [-0.2, -0.15) is 0 Å². The van der Waals surface area contributed by atoms with Crippen LogP contribution in [0.15, 0.2) is 24.3 Å². The Kier molecular flexibility index (Phi) is 8.03. The highest BCUT2D eigenvalue weighted by atomic mass is 16.5. The highest BCUT2D eigenvalue weighted by molar-refractivity contribution is 6.09. The van der Waals surface area contributed by atoms with Gasteiger partial charge in [0.25, 0.3) is 5.91 Å². The molecule has 4 amide bonds. The Hall–Kier alpha value is -2.45. The summed E-state index contributed by atoms with van der Waals surface area (Å²) in [7, 11) is 0. The molecule has 1 aromatic carbocycles. The second-order valence-corrected chi connectivity index (χ2v) is 8.49. The van der Waals surface area contributed by atoms with Crippen molar-refractivity contribution in [1.82, 2.24) is 15.5 Å². The molecular formula is C23H35N4O4+. The third-order valence-corrected chi connectivity index (χ3v) is 6.14. The molecule has 0 aromatic heterocycles. The fraction of sp³-hybridized carbons (Fsp3) is 0.609. The zero-order valence-corrected chi connectivity index (χ0v) is 18.7. The van der Waals surface area contributed by atoms with Crippen LogP contribution in [0.1, 0.15) is 50.7 Å². The van der Waals surface area contributed by atoms with Gasteiger partial charge in [0.2, 0.25) is 5.91 Å². The molecule has 31 heavy (non-hydrogen) atoms. The van der Waals surface area contributed by atoms with E-state index in [4.69, 9.17) is 4.74 Å². The number of amides is 4. The van der Waals surface area contributed by atoms with Crippen molar-refractivity contribution in [3.8, 4) is 0 Å². The van der Waals surface area contributed by atoms with Crippen LogP contribution in [-0.2, 0) is 27.4 Å². The molecule has 8 heteroatoms. The van der Waals surface area contributed by atoms with Gasteiger partial charge < -0.3 is 20.3 Å². The first-order valence-electron chi connectivity index (χ1n) is 11.4. The van der Waals surface area contributed by atoms with Crippen LogP contribution in [-0.4, -0.2) is 61.1 Å². The Morgan fingerprint density at radius 1 is 1.13 bits per heavy atom. The Bertz CT molecular complexity index is 786. The summed E-state index contributed by atoms with van der Waals surface area (Å²) in [6, 6.07) is 7.59. The Labute approximate surface area is 184 Å². The average molecular weight is 432 g/mol. The van der Waals surface area contributed by atoms with Gasteiger partial charge in [0.05, 0.1) is 13.2 Å². The van der Waals surface area contributed by atoms with Crippen molar-refractivity contribution in [2.24, 2.45) is 0 Å². The van der Waals surface area contributed by atoms with Gasteiger partial charge in [-0.3, -0.25) is 14.5 Å². The minimum Gasteiger partial charge on any atom is -0.370 e. The fourth-order valence-corrected chi connectivity index (χ4v) is 4.54. The van der Waals surface area contributed by atoms with Crippen molar-refractivity contribution < 1.29 is 24.0 Å². The summed E-state index contributed by atoms with van der Waals surface area (Å²) >= 11 is 0. The third kappa shape index (κ3) is 5.62. The van der Waals surface area contributed by atoms with E-state index in [1.54, 1.807) is 0 Å². The maximum Gasteiger partial charge on any atom is 0.325 e. The first-order valence-corrected chi connectivity index (χ1v) is 11.4. The molecule has 2 heterocycles. The molecule has 3 N–H and O–H groups in total. The number of rotatable bonds is 10. The summed E-state index contributed by atoms with van der Waals surface area (Å²) in [6.07, 6.45) is 2.74. The molecule has 0 saturated carbocycles. The number of nitrogens with zero attached hydrogens (tertiary/aromatic N) is 1. The number of nitrogens with one attached hydrogen (secondary N) is 3. The molecule has 0 aliphatic carbocycles. The minimum absolute atomic E-state index is 0.253. The molecule has 0 atom stereocenters. The lowest BCUT2D eigenvalue weighted by Crippen LogP contribution is -3.12. The topological polar surface area (TPSA) is 92.2 Å². The van der Waals surface area contributed by atoms with Crippen molar-refractivity contribution in [2.75, 3.05) is 32.8 Å². The number of hydrogen-bond acceptors (Lipinski definition) is 4. The number of urea groups is 1. The van der Waals surface area contributed by atoms with Gasteiger partial charge in [0.1, 0.15) is 31.7 Å². The van der Waals surface area contributed by atoms with Gasteiger partial charge >= 0.3 is 6.03 Å². The largest absolute Gasteiger partial charge is 0.370 e. The molecule has 2 saturated heterocycles. The van der Waals surface area contributed by atoms with Crippen LogP contribution in [0.25, 0.3) is 0 Å². The number of hydrogen-bond donors (Lipinski definition) is 3. The number of benzene rings is 1. The molecule has 0 spiro atoms. The first kappa shape index (κ1) is 23.2.